The fourth-order valence-corrected chi connectivity index (χ4v) is 1.92. The second kappa shape index (κ2) is 3.25. The highest BCUT2D eigenvalue weighted by Crippen LogP contribution is 2.39. The van der Waals surface area contributed by atoms with Crippen LogP contribution >= 0.6 is 12.2 Å². The Kier molecular flexibility index (Phi) is 2.24. The van der Waals surface area contributed by atoms with Crippen LogP contribution in [0.25, 0.3) is 0 Å². The van der Waals surface area contributed by atoms with Gasteiger partial charge in [-0.2, -0.15) is 5.10 Å². The molecule has 13 heavy (non-hydrogen) atoms. The summed E-state index contributed by atoms with van der Waals surface area (Å²) in [5, 5.41) is 7.04. The first-order valence-corrected chi connectivity index (χ1v) is 5.27. The lowest BCUT2D eigenvalue weighted by Gasteiger charge is -2.03. The molecule has 1 aromatic heterocycles. The summed E-state index contributed by atoms with van der Waals surface area (Å²) in [6.45, 7) is 5.46. The summed E-state index contributed by atoms with van der Waals surface area (Å²) in [5.74, 6) is 2.79. The first kappa shape index (κ1) is 8.94. The highest BCUT2D eigenvalue weighted by atomic mass is 32.1. The number of aromatic amines is 1. The van der Waals surface area contributed by atoms with E-state index in [1.807, 2.05) is 0 Å². The third-order valence-corrected chi connectivity index (χ3v) is 3.16. The van der Waals surface area contributed by atoms with Gasteiger partial charge in [-0.25, -0.2) is 0 Å². The van der Waals surface area contributed by atoms with E-state index >= 15 is 0 Å². The van der Waals surface area contributed by atoms with Crippen molar-refractivity contribution < 1.29 is 0 Å². The summed E-state index contributed by atoms with van der Waals surface area (Å²) < 4.78 is 2.92. The Morgan fingerprint density at radius 1 is 1.69 bits per heavy atom. The molecule has 2 atom stereocenters. The lowest BCUT2D eigenvalue weighted by molar-refractivity contribution is 0.566. The van der Waals surface area contributed by atoms with Crippen LogP contribution in [0.15, 0.2) is 0 Å². The lowest BCUT2D eigenvalue weighted by atomic mass is 10.3. The minimum atomic E-state index is 0.774. The lowest BCUT2D eigenvalue weighted by Crippen LogP contribution is -2.05. The number of hydrogen-bond acceptors (Lipinski definition) is 2. The van der Waals surface area contributed by atoms with Crippen molar-refractivity contribution in [3.63, 3.8) is 0 Å². The fraction of sp³-hybridized carbons (Fsp3) is 0.778. The number of nitrogens with one attached hydrogen (secondary N) is 1. The van der Waals surface area contributed by atoms with Gasteiger partial charge in [0.05, 0.1) is 0 Å². The van der Waals surface area contributed by atoms with Gasteiger partial charge in [0.2, 0.25) is 0 Å². The van der Waals surface area contributed by atoms with Gasteiger partial charge in [0.1, 0.15) is 5.82 Å². The Morgan fingerprint density at radius 2 is 2.38 bits per heavy atom. The third kappa shape index (κ3) is 1.68. The molecule has 2 unspecified atom stereocenters. The summed E-state index contributed by atoms with van der Waals surface area (Å²) in [5.41, 5.74) is 0. The zero-order valence-electron chi connectivity index (χ0n) is 8.08. The summed E-state index contributed by atoms with van der Waals surface area (Å²) in [6.07, 6.45) is 2.30. The topological polar surface area (TPSA) is 33.6 Å². The highest BCUT2D eigenvalue weighted by Gasteiger charge is 2.33. The second-order valence-corrected chi connectivity index (χ2v) is 4.27. The van der Waals surface area contributed by atoms with Crippen molar-refractivity contribution in [2.24, 2.45) is 11.8 Å². The standard InChI is InChI=1S/C9H15N3S/c1-3-8-10-11-9(13)12(8)5-7-4-6(7)2/h6-7H,3-5H2,1-2H3,(H,11,13). The molecule has 0 bridgehead atoms. The molecule has 72 valence electrons. The molecule has 0 amide bonds. The number of aromatic nitrogens is 3. The van der Waals surface area contributed by atoms with Crippen LogP contribution in [0.5, 0.6) is 0 Å². The number of rotatable bonds is 3. The van der Waals surface area contributed by atoms with E-state index < -0.39 is 0 Å². The van der Waals surface area contributed by atoms with E-state index in [4.69, 9.17) is 12.2 Å². The summed E-state index contributed by atoms with van der Waals surface area (Å²) in [7, 11) is 0. The number of hydrogen-bond donors (Lipinski definition) is 1. The number of H-pyrrole nitrogens is 1. The third-order valence-electron chi connectivity index (χ3n) is 2.85. The maximum absolute atomic E-state index is 5.17. The van der Waals surface area contributed by atoms with Crippen LogP contribution in [0.2, 0.25) is 0 Å². The predicted molar refractivity (Wildman–Crippen MR) is 54.1 cm³/mol. The molecule has 2 rings (SSSR count). The maximum Gasteiger partial charge on any atom is 0.195 e. The van der Waals surface area contributed by atoms with Crippen LogP contribution in [-0.4, -0.2) is 14.8 Å². The van der Waals surface area contributed by atoms with Crippen molar-refractivity contribution in [2.75, 3.05) is 0 Å². The van der Waals surface area contributed by atoms with Crippen LogP contribution in [0, 0.1) is 16.6 Å². The van der Waals surface area contributed by atoms with Crippen LogP contribution in [0.4, 0.5) is 0 Å². The molecule has 1 heterocycles. The Morgan fingerprint density at radius 3 is 2.92 bits per heavy atom. The van der Waals surface area contributed by atoms with E-state index in [0.29, 0.717) is 0 Å². The molecule has 0 aliphatic heterocycles. The van der Waals surface area contributed by atoms with E-state index in [9.17, 15) is 0 Å². The largest absolute Gasteiger partial charge is 0.304 e. The van der Waals surface area contributed by atoms with E-state index in [0.717, 1.165) is 35.4 Å². The molecular formula is C9H15N3S. The average Bonchev–Trinajstić information content (AvgIpc) is 2.68. The van der Waals surface area contributed by atoms with Crippen molar-refractivity contribution in [3.8, 4) is 0 Å². The zero-order valence-corrected chi connectivity index (χ0v) is 8.90. The molecule has 1 N–H and O–H groups in total. The van der Waals surface area contributed by atoms with Gasteiger partial charge in [0, 0.05) is 13.0 Å². The highest BCUT2D eigenvalue weighted by molar-refractivity contribution is 7.71. The van der Waals surface area contributed by atoms with Crippen molar-refractivity contribution in [1.82, 2.24) is 14.8 Å². The van der Waals surface area contributed by atoms with E-state index in [2.05, 4.69) is 28.6 Å². The molecular weight excluding hydrogens is 182 g/mol. The van der Waals surface area contributed by atoms with Crippen LogP contribution in [0.1, 0.15) is 26.1 Å². The molecule has 3 nitrogen and oxygen atoms in total. The summed E-state index contributed by atoms with van der Waals surface area (Å²) >= 11 is 5.17. The maximum atomic E-state index is 5.17. The van der Waals surface area contributed by atoms with Crippen molar-refractivity contribution in [1.29, 1.82) is 0 Å². The average molecular weight is 197 g/mol. The monoisotopic (exact) mass is 197 g/mol. The quantitative estimate of drug-likeness (QED) is 0.753. The van der Waals surface area contributed by atoms with Gasteiger partial charge < -0.3 is 4.57 Å². The van der Waals surface area contributed by atoms with E-state index in [-0.39, 0.29) is 0 Å². The van der Waals surface area contributed by atoms with Gasteiger partial charge >= 0.3 is 0 Å². The molecule has 1 aliphatic carbocycles. The zero-order chi connectivity index (χ0) is 9.42. The molecule has 0 aromatic carbocycles. The van der Waals surface area contributed by atoms with Crippen LogP contribution < -0.4 is 0 Å². The van der Waals surface area contributed by atoms with Gasteiger partial charge in [-0.3, -0.25) is 5.10 Å². The predicted octanol–water partition coefficient (Wildman–Crippen LogP) is 2.16. The second-order valence-electron chi connectivity index (χ2n) is 3.88. The molecule has 0 saturated heterocycles. The number of aryl methyl sites for hydroxylation is 1. The number of nitrogens with zero attached hydrogens (tertiary/aromatic N) is 2. The van der Waals surface area contributed by atoms with Gasteiger partial charge in [-0.1, -0.05) is 13.8 Å². The van der Waals surface area contributed by atoms with Gasteiger partial charge in [0.25, 0.3) is 0 Å². The normalized spacial score (nSPS) is 26.3. The Bertz CT molecular complexity index is 352. The molecule has 1 fully saturated rings. The Hall–Kier alpha value is -0.640. The smallest absolute Gasteiger partial charge is 0.195 e. The van der Waals surface area contributed by atoms with Gasteiger partial charge in [-0.05, 0) is 30.5 Å². The minimum absolute atomic E-state index is 0.774. The Labute approximate surface area is 83.2 Å². The van der Waals surface area contributed by atoms with Gasteiger partial charge in [-0.15, -0.1) is 0 Å². The molecule has 1 saturated carbocycles. The van der Waals surface area contributed by atoms with Gasteiger partial charge in [0.15, 0.2) is 4.77 Å². The molecule has 4 heteroatoms. The fourth-order valence-electron chi connectivity index (χ4n) is 1.70. The van der Waals surface area contributed by atoms with Crippen LogP contribution in [0.3, 0.4) is 0 Å². The summed E-state index contributed by atoms with van der Waals surface area (Å²) in [4.78, 5) is 0. The first-order valence-electron chi connectivity index (χ1n) is 4.86. The summed E-state index contributed by atoms with van der Waals surface area (Å²) in [6, 6.07) is 0. The van der Waals surface area contributed by atoms with Crippen LogP contribution in [-0.2, 0) is 13.0 Å². The SMILES string of the molecule is CCc1n[nH]c(=S)n1CC1CC1C. The van der Waals surface area contributed by atoms with Crippen molar-refractivity contribution in [2.45, 2.75) is 33.2 Å². The van der Waals surface area contributed by atoms with Crippen molar-refractivity contribution >= 4 is 12.2 Å². The Balaban J connectivity index is 2.17. The van der Waals surface area contributed by atoms with Crippen molar-refractivity contribution in [3.05, 3.63) is 10.6 Å². The molecule has 0 spiro atoms. The minimum Gasteiger partial charge on any atom is -0.304 e. The van der Waals surface area contributed by atoms with E-state index in [1.165, 1.54) is 6.42 Å². The molecule has 1 aliphatic rings. The van der Waals surface area contributed by atoms with E-state index in [1.54, 1.807) is 0 Å². The first-order chi connectivity index (χ1) is 6.22. The molecule has 0 radical (unpaired) electrons. The molecule has 1 aromatic rings.